The topological polar surface area (TPSA) is 21.3 Å². The molecule has 0 aliphatic rings. The standard InChI is InChI=1S/C12H19NOS/c1-10(2)13-8-9-14-11-6-4-5-7-12(11)15-3/h4-7,10,13H,8-9H2,1-3H3. The summed E-state index contributed by atoms with van der Waals surface area (Å²) in [6, 6.07) is 8.65. The molecule has 0 aliphatic heterocycles. The van der Waals surface area contributed by atoms with E-state index in [1.165, 1.54) is 4.90 Å². The van der Waals surface area contributed by atoms with E-state index in [-0.39, 0.29) is 0 Å². The summed E-state index contributed by atoms with van der Waals surface area (Å²) in [5.74, 6) is 0.982. The molecule has 0 unspecified atom stereocenters. The minimum atomic E-state index is 0.518. The Balaban J connectivity index is 2.36. The summed E-state index contributed by atoms with van der Waals surface area (Å²) in [6.45, 7) is 5.88. The molecule has 0 saturated carbocycles. The number of hydrogen-bond acceptors (Lipinski definition) is 3. The molecule has 1 N–H and O–H groups in total. The molecule has 0 heterocycles. The van der Waals surface area contributed by atoms with E-state index >= 15 is 0 Å². The fourth-order valence-corrected chi connectivity index (χ4v) is 1.79. The first kappa shape index (κ1) is 12.4. The van der Waals surface area contributed by atoms with E-state index in [1.54, 1.807) is 11.8 Å². The predicted octanol–water partition coefficient (Wildman–Crippen LogP) is 2.79. The largest absolute Gasteiger partial charge is 0.491 e. The van der Waals surface area contributed by atoms with Crippen molar-refractivity contribution in [3.05, 3.63) is 24.3 Å². The lowest BCUT2D eigenvalue weighted by atomic mass is 10.3. The predicted molar refractivity (Wildman–Crippen MR) is 66.9 cm³/mol. The van der Waals surface area contributed by atoms with Gasteiger partial charge in [-0.15, -0.1) is 11.8 Å². The van der Waals surface area contributed by atoms with E-state index in [0.717, 1.165) is 18.9 Å². The second-order valence-electron chi connectivity index (χ2n) is 3.61. The first-order chi connectivity index (χ1) is 7.24. The number of nitrogens with one attached hydrogen (secondary N) is 1. The number of ether oxygens (including phenoxy) is 1. The van der Waals surface area contributed by atoms with Crippen molar-refractivity contribution < 1.29 is 4.74 Å². The second kappa shape index (κ2) is 6.75. The van der Waals surface area contributed by atoms with Gasteiger partial charge < -0.3 is 10.1 Å². The van der Waals surface area contributed by atoms with E-state index < -0.39 is 0 Å². The van der Waals surface area contributed by atoms with Crippen LogP contribution < -0.4 is 10.1 Å². The Morgan fingerprint density at radius 2 is 2.07 bits per heavy atom. The highest BCUT2D eigenvalue weighted by molar-refractivity contribution is 7.98. The highest BCUT2D eigenvalue weighted by Gasteiger charge is 2.00. The summed E-state index contributed by atoms with van der Waals surface area (Å²) in [5.41, 5.74) is 0. The fourth-order valence-electron chi connectivity index (χ4n) is 1.25. The number of rotatable bonds is 6. The summed E-state index contributed by atoms with van der Waals surface area (Å²) < 4.78 is 5.70. The fraction of sp³-hybridized carbons (Fsp3) is 0.500. The summed E-state index contributed by atoms with van der Waals surface area (Å²) >= 11 is 1.71. The van der Waals surface area contributed by atoms with Crippen molar-refractivity contribution in [2.24, 2.45) is 0 Å². The van der Waals surface area contributed by atoms with Gasteiger partial charge in [-0.2, -0.15) is 0 Å². The molecule has 0 atom stereocenters. The van der Waals surface area contributed by atoms with Crippen molar-refractivity contribution in [3.63, 3.8) is 0 Å². The Labute approximate surface area is 96.4 Å². The van der Waals surface area contributed by atoms with E-state index in [1.807, 2.05) is 18.2 Å². The Morgan fingerprint density at radius 3 is 2.73 bits per heavy atom. The van der Waals surface area contributed by atoms with Crippen LogP contribution in [-0.2, 0) is 0 Å². The first-order valence-corrected chi connectivity index (χ1v) is 6.45. The molecular weight excluding hydrogens is 206 g/mol. The van der Waals surface area contributed by atoms with Gasteiger partial charge in [-0.25, -0.2) is 0 Å². The molecule has 15 heavy (non-hydrogen) atoms. The normalized spacial score (nSPS) is 10.7. The molecule has 0 bridgehead atoms. The van der Waals surface area contributed by atoms with Gasteiger partial charge >= 0.3 is 0 Å². The molecule has 0 aromatic heterocycles. The molecule has 2 nitrogen and oxygen atoms in total. The van der Waals surface area contributed by atoms with Gasteiger partial charge in [0.25, 0.3) is 0 Å². The van der Waals surface area contributed by atoms with Gasteiger partial charge in [0.2, 0.25) is 0 Å². The van der Waals surface area contributed by atoms with Crippen molar-refractivity contribution in [2.75, 3.05) is 19.4 Å². The van der Waals surface area contributed by atoms with E-state index in [9.17, 15) is 0 Å². The van der Waals surface area contributed by atoms with Crippen molar-refractivity contribution in [2.45, 2.75) is 24.8 Å². The zero-order valence-electron chi connectivity index (χ0n) is 9.62. The smallest absolute Gasteiger partial charge is 0.132 e. The molecule has 0 radical (unpaired) electrons. The van der Waals surface area contributed by atoms with Gasteiger partial charge in [0, 0.05) is 17.5 Å². The maximum Gasteiger partial charge on any atom is 0.132 e. The van der Waals surface area contributed by atoms with Crippen molar-refractivity contribution >= 4 is 11.8 Å². The lowest BCUT2D eigenvalue weighted by Gasteiger charge is -2.11. The zero-order chi connectivity index (χ0) is 11.1. The Morgan fingerprint density at radius 1 is 1.33 bits per heavy atom. The number of hydrogen-bond donors (Lipinski definition) is 1. The lowest BCUT2D eigenvalue weighted by Crippen LogP contribution is -2.27. The van der Waals surface area contributed by atoms with Crippen LogP contribution in [-0.4, -0.2) is 25.4 Å². The van der Waals surface area contributed by atoms with Crippen LogP contribution in [0, 0.1) is 0 Å². The van der Waals surface area contributed by atoms with Crippen LogP contribution in [0.5, 0.6) is 5.75 Å². The molecule has 0 spiro atoms. The van der Waals surface area contributed by atoms with Crippen LogP contribution in [0.25, 0.3) is 0 Å². The maximum absolute atomic E-state index is 5.70. The van der Waals surface area contributed by atoms with Crippen LogP contribution in [0.15, 0.2) is 29.2 Å². The van der Waals surface area contributed by atoms with Crippen LogP contribution in [0.1, 0.15) is 13.8 Å². The second-order valence-corrected chi connectivity index (χ2v) is 4.46. The van der Waals surface area contributed by atoms with Crippen molar-refractivity contribution in [3.8, 4) is 5.75 Å². The van der Waals surface area contributed by atoms with E-state index in [4.69, 9.17) is 4.74 Å². The maximum atomic E-state index is 5.70. The van der Waals surface area contributed by atoms with Crippen LogP contribution >= 0.6 is 11.8 Å². The molecule has 0 amide bonds. The Kier molecular flexibility index (Phi) is 5.58. The highest BCUT2D eigenvalue weighted by atomic mass is 32.2. The van der Waals surface area contributed by atoms with Gasteiger partial charge in [0.1, 0.15) is 12.4 Å². The van der Waals surface area contributed by atoms with Crippen molar-refractivity contribution in [1.82, 2.24) is 5.32 Å². The van der Waals surface area contributed by atoms with Gasteiger partial charge in [0.15, 0.2) is 0 Å². The van der Waals surface area contributed by atoms with Gasteiger partial charge in [0.05, 0.1) is 0 Å². The lowest BCUT2D eigenvalue weighted by molar-refractivity contribution is 0.302. The molecule has 0 aliphatic carbocycles. The van der Waals surface area contributed by atoms with Crippen molar-refractivity contribution in [1.29, 1.82) is 0 Å². The molecular formula is C12H19NOS. The molecule has 0 fully saturated rings. The number of thioether (sulfide) groups is 1. The highest BCUT2D eigenvalue weighted by Crippen LogP contribution is 2.26. The third-order valence-electron chi connectivity index (χ3n) is 1.98. The first-order valence-electron chi connectivity index (χ1n) is 5.23. The molecule has 1 aromatic carbocycles. The SMILES string of the molecule is CSc1ccccc1OCCNC(C)C. The summed E-state index contributed by atoms with van der Waals surface area (Å²) in [7, 11) is 0. The van der Waals surface area contributed by atoms with E-state index in [0.29, 0.717) is 6.04 Å². The van der Waals surface area contributed by atoms with Crippen LogP contribution in [0.3, 0.4) is 0 Å². The van der Waals surface area contributed by atoms with Gasteiger partial charge in [-0.3, -0.25) is 0 Å². The minimum absolute atomic E-state index is 0.518. The summed E-state index contributed by atoms with van der Waals surface area (Å²) in [6.07, 6.45) is 2.06. The van der Waals surface area contributed by atoms with Crippen LogP contribution in [0.2, 0.25) is 0 Å². The molecule has 1 aromatic rings. The van der Waals surface area contributed by atoms with Gasteiger partial charge in [-0.1, -0.05) is 26.0 Å². The third-order valence-corrected chi connectivity index (χ3v) is 2.76. The number of benzene rings is 1. The minimum Gasteiger partial charge on any atom is -0.491 e. The third kappa shape index (κ3) is 4.58. The molecule has 3 heteroatoms. The molecule has 0 saturated heterocycles. The van der Waals surface area contributed by atoms with E-state index in [2.05, 4.69) is 31.5 Å². The average molecular weight is 225 g/mol. The molecule has 1 rings (SSSR count). The summed E-state index contributed by atoms with van der Waals surface area (Å²) in [4.78, 5) is 1.20. The average Bonchev–Trinajstić information content (AvgIpc) is 2.24. The Bertz CT molecular complexity index is 289. The Hall–Kier alpha value is -0.670. The quantitative estimate of drug-likeness (QED) is 0.594. The van der Waals surface area contributed by atoms with Gasteiger partial charge in [-0.05, 0) is 18.4 Å². The van der Waals surface area contributed by atoms with Crippen LogP contribution in [0.4, 0.5) is 0 Å². The summed E-state index contributed by atoms with van der Waals surface area (Å²) in [5, 5.41) is 3.32. The molecule has 84 valence electrons. The number of para-hydroxylation sites is 1. The zero-order valence-corrected chi connectivity index (χ0v) is 10.4. The monoisotopic (exact) mass is 225 g/mol.